The molecule has 8 nitrogen and oxygen atoms in total. The molecule has 45 heavy (non-hydrogen) atoms. The zero-order chi connectivity index (χ0) is 32.0. The average Bonchev–Trinajstić information content (AvgIpc) is 3.53. The van der Waals surface area contributed by atoms with E-state index in [1.54, 1.807) is 0 Å². The van der Waals surface area contributed by atoms with E-state index in [0.29, 0.717) is 24.3 Å². The lowest BCUT2D eigenvalue weighted by molar-refractivity contribution is -0.252. The quantitative estimate of drug-likeness (QED) is 0.329. The van der Waals surface area contributed by atoms with Gasteiger partial charge >= 0.3 is 12.1 Å². The van der Waals surface area contributed by atoms with Crippen LogP contribution in [0.5, 0.6) is 0 Å². The molecule has 2 aliphatic rings. The molecule has 0 aromatic heterocycles. The van der Waals surface area contributed by atoms with E-state index in [4.69, 9.17) is 9.47 Å². The summed E-state index contributed by atoms with van der Waals surface area (Å²) < 4.78 is 51.7. The number of ether oxygens (including phenoxy) is 2. The van der Waals surface area contributed by atoms with Crippen molar-refractivity contribution >= 4 is 11.8 Å². The third kappa shape index (κ3) is 8.49. The van der Waals surface area contributed by atoms with Crippen molar-refractivity contribution < 1.29 is 37.3 Å². The second-order valence-electron chi connectivity index (χ2n) is 11.6. The highest BCUT2D eigenvalue weighted by Crippen LogP contribution is 2.38. The number of hydrogen-bond donors (Lipinski definition) is 2. The summed E-state index contributed by atoms with van der Waals surface area (Å²) in [4.78, 5) is 27.3. The van der Waals surface area contributed by atoms with Gasteiger partial charge in [-0.2, -0.15) is 13.2 Å². The number of carbonyl (C=O) groups is 2. The van der Waals surface area contributed by atoms with Gasteiger partial charge in [-0.1, -0.05) is 78.9 Å². The molecule has 2 N–H and O–H groups in total. The number of carbonyl (C=O) groups excluding carboxylic acids is 2. The average molecular weight is 626 g/mol. The van der Waals surface area contributed by atoms with Crippen molar-refractivity contribution in [3.8, 4) is 0 Å². The molecular weight excluding hydrogens is 587 g/mol. The molecule has 2 saturated heterocycles. The van der Waals surface area contributed by atoms with Crippen molar-refractivity contribution in [2.45, 2.75) is 69.7 Å². The van der Waals surface area contributed by atoms with E-state index >= 15 is 0 Å². The number of amides is 2. The molecule has 240 valence electrons. The summed E-state index contributed by atoms with van der Waals surface area (Å²) >= 11 is 0. The van der Waals surface area contributed by atoms with Gasteiger partial charge in [-0.25, -0.2) is 0 Å². The van der Waals surface area contributed by atoms with E-state index in [-0.39, 0.29) is 38.3 Å². The molecule has 2 aliphatic heterocycles. The Morgan fingerprint density at radius 3 is 2.27 bits per heavy atom. The maximum Gasteiger partial charge on any atom is 0.471 e. The lowest BCUT2D eigenvalue weighted by atomic mass is 9.99. The van der Waals surface area contributed by atoms with Crippen LogP contribution in [0.25, 0.3) is 0 Å². The fourth-order valence-corrected chi connectivity index (χ4v) is 5.89. The number of rotatable bonds is 10. The largest absolute Gasteiger partial charge is 0.471 e. The summed E-state index contributed by atoms with van der Waals surface area (Å²) in [7, 11) is 2.05. The van der Waals surface area contributed by atoms with Gasteiger partial charge in [-0.3, -0.25) is 14.5 Å². The normalized spacial score (nSPS) is 22.0. The van der Waals surface area contributed by atoms with Gasteiger partial charge in [0.2, 0.25) is 5.91 Å². The third-order valence-corrected chi connectivity index (χ3v) is 8.20. The highest BCUT2D eigenvalue weighted by molar-refractivity contribution is 5.90. The number of likely N-dealkylation sites (N-methyl/N-ethyl adjacent to an activating group) is 1. The minimum absolute atomic E-state index is 0.0398. The van der Waals surface area contributed by atoms with Crippen molar-refractivity contribution in [1.82, 2.24) is 15.1 Å². The van der Waals surface area contributed by atoms with Crippen LogP contribution in [0, 0.1) is 0 Å². The van der Waals surface area contributed by atoms with E-state index in [1.807, 2.05) is 66.7 Å². The Labute approximate surface area is 260 Å². The van der Waals surface area contributed by atoms with Gasteiger partial charge in [0, 0.05) is 38.2 Å². The fraction of sp³-hybridized carbons (Fsp3) is 0.412. The molecule has 3 aromatic rings. The highest BCUT2D eigenvalue weighted by Gasteiger charge is 2.47. The van der Waals surface area contributed by atoms with Crippen molar-refractivity contribution in [3.05, 3.63) is 107 Å². The molecule has 2 heterocycles. The van der Waals surface area contributed by atoms with Crippen molar-refractivity contribution in [2.75, 3.05) is 20.1 Å². The molecule has 0 unspecified atom stereocenters. The van der Waals surface area contributed by atoms with E-state index in [1.165, 1.54) is 5.56 Å². The Balaban J connectivity index is 1.24. The van der Waals surface area contributed by atoms with Gasteiger partial charge in [-0.15, -0.1) is 0 Å². The van der Waals surface area contributed by atoms with Gasteiger partial charge in [0.15, 0.2) is 6.29 Å². The van der Waals surface area contributed by atoms with Gasteiger partial charge < -0.3 is 24.8 Å². The number of alkyl halides is 3. The van der Waals surface area contributed by atoms with Crippen LogP contribution < -0.4 is 5.32 Å². The molecule has 11 heteroatoms. The highest BCUT2D eigenvalue weighted by atomic mass is 19.4. The second kappa shape index (κ2) is 14.6. The summed E-state index contributed by atoms with van der Waals surface area (Å²) in [5, 5.41) is 12.1. The zero-order valence-corrected chi connectivity index (χ0v) is 25.1. The topological polar surface area (TPSA) is 91.3 Å². The number of halogens is 3. The minimum atomic E-state index is -5.01. The summed E-state index contributed by atoms with van der Waals surface area (Å²) in [6.07, 6.45) is -4.86. The standard InChI is InChI=1S/C34H38F3N3O5/c1-39(20-24-6-3-2-4-7-24)21-28-18-30(26-13-11-25(22-41)12-14-26)45-32(44-28)27-15-9-23(10-16-27)19-38-31(42)29-8-5-17-40(29)33(43)34(35,36)37/h2-4,6-7,9-16,28-30,32,41H,5,8,17-22H2,1H3,(H,38,42)/t28-,29+,30+,32+/m1/s1. The van der Waals surface area contributed by atoms with Crippen LogP contribution in [0.2, 0.25) is 0 Å². The summed E-state index contributed by atoms with van der Waals surface area (Å²) in [5.41, 5.74) is 4.53. The Bertz CT molecular complexity index is 1420. The molecule has 2 fully saturated rings. The first-order chi connectivity index (χ1) is 21.6. The van der Waals surface area contributed by atoms with Crippen LogP contribution in [0.15, 0.2) is 78.9 Å². The first-order valence-electron chi connectivity index (χ1n) is 15.1. The third-order valence-electron chi connectivity index (χ3n) is 8.20. The first-order valence-corrected chi connectivity index (χ1v) is 15.1. The Morgan fingerprint density at radius 1 is 0.933 bits per heavy atom. The Hall–Kier alpha value is -3.77. The van der Waals surface area contributed by atoms with Gasteiger partial charge in [0.05, 0.1) is 18.8 Å². The van der Waals surface area contributed by atoms with Gasteiger partial charge in [0.1, 0.15) is 6.04 Å². The van der Waals surface area contributed by atoms with Crippen molar-refractivity contribution in [2.24, 2.45) is 0 Å². The van der Waals surface area contributed by atoms with Crippen LogP contribution in [-0.4, -0.2) is 65.2 Å². The first kappa shape index (κ1) is 32.6. The van der Waals surface area contributed by atoms with E-state index < -0.39 is 30.3 Å². The lowest BCUT2D eigenvalue weighted by Crippen LogP contribution is -2.50. The van der Waals surface area contributed by atoms with Gasteiger partial charge in [-0.05, 0) is 42.1 Å². The van der Waals surface area contributed by atoms with Crippen molar-refractivity contribution in [1.29, 1.82) is 0 Å². The minimum Gasteiger partial charge on any atom is -0.392 e. The predicted molar refractivity (Wildman–Crippen MR) is 160 cm³/mol. The smallest absolute Gasteiger partial charge is 0.392 e. The number of likely N-dealkylation sites (tertiary alicyclic amines) is 1. The number of nitrogens with zero attached hydrogens (tertiary/aromatic N) is 2. The monoisotopic (exact) mass is 625 g/mol. The molecular formula is C34H38F3N3O5. The predicted octanol–water partition coefficient (Wildman–Crippen LogP) is 5.03. The molecule has 0 radical (unpaired) electrons. The maximum atomic E-state index is 13.0. The molecule has 0 bridgehead atoms. The maximum absolute atomic E-state index is 13.0. The number of hydrogen-bond acceptors (Lipinski definition) is 6. The van der Waals surface area contributed by atoms with E-state index in [0.717, 1.165) is 28.8 Å². The number of nitrogens with one attached hydrogen (secondary N) is 1. The van der Waals surface area contributed by atoms with Crippen LogP contribution in [-0.2, 0) is 38.8 Å². The number of aliphatic hydroxyl groups excluding tert-OH is 1. The van der Waals surface area contributed by atoms with Crippen molar-refractivity contribution in [3.63, 3.8) is 0 Å². The van der Waals surface area contributed by atoms with E-state index in [2.05, 4.69) is 29.4 Å². The molecule has 0 aliphatic carbocycles. The molecule has 0 spiro atoms. The van der Waals surface area contributed by atoms with Crippen LogP contribution in [0.1, 0.15) is 59.5 Å². The number of benzene rings is 3. The SMILES string of the molecule is CN(Cc1ccccc1)C[C@H]1C[C@@H](c2ccc(CO)cc2)O[C@@H](c2ccc(CNC(=O)[C@@H]3CCCN3C(=O)C(F)(F)F)cc2)O1. The fourth-order valence-electron chi connectivity index (χ4n) is 5.89. The summed E-state index contributed by atoms with van der Waals surface area (Å²) in [6.45, 7) is 1.41. The second-order valence-corrected chi connectivity index (χ2v) is 11.6. The summed E-state index contributed by atoms with van der Waals surface area (Å²) in [6, 6.07) is 24.1. The molecule has 4 atom stereocenters. The molecule has 5 rings (SSSR count). The molecule has 0 saturated carbocycles. The lowest BCUT2D eigenvalue weighted by Gasteiger charge is -2.38. The van der Waals surface area contributed by atoms with E-state index in [9.17, 15) is 27.9 Å². The molecule has 2 amide bonds. The Kier molecular flexibility index (Phi) is 10.5. The van der Waals surface area contributed by atoms with Gasteiger partial charge in [0.25, 0.3) is 0 Å². The van der Waals surface area contributed by atoms with Crippen LogP contribution in [0.4, 0.5) is 13.2 Å². The van der Waals surface area contributed by atoms with Crippen LogP contribution >= 0.6 is 0 Å². The zero-order valence-electron chi connectivity index (χ0n) is 25.1. The molecule has 3 aromatic carbocycles. The summed E-state index contributed by atoms with van der Waals surface area (Å²) in [5.74, 6) is -2.59. The van der Waals surface area contributed by atoms with Crippen LogP contribution in [0.3, 0.4) is 0 Å². The Morgan fingerprint density at radius 2 is 1.60 bits per heavy atom. The number of aliphatic hydroxyl groups is 1.